The number of aromatic amines is 1. The molecule has 32 heavy (non-hydrogen) atoms. The molecule has 164 valence electrons. The van der Waals surface area contributed by atoms with E-state index in [-0.39, 0.29) is 11.8 Å². The number of fused-ring (bicyclic) bond motifs is 1. The average molecular weight is 447 g/mol. The quantitative estimate of drug-likeness (QED) is 0.276. The lowest BCUT2D eigenvalue weighted by molar-refractivity contribution is -0.122. The Morgan fingerprint density at radius 2 is 1.75 bits per heavy atom. The van der Waals surface area contributed by atoms with Gasteiger partial charge in [-0.25, -0.2) is 0 Å². The summed E-state index contributed by atoms with van der Waals surface area (Å²) in [7, 11) is 0. The molecule has 0 aliphatic heterocycles. The zero-order valence-corrected chi connectivity index (χ0v) is 18.5. The highest BCUT2D eigenvalue weighted by atomic mass is 32.1. The van der Waals surface area contributed by atoms with Crippen LogP contribution in [0.15, 0.2) is 78.3 Å². The summed E-state index contributed by atoms with van der Waals surface area (Å²) >= 11 is 1.36. The minimum Gasteiger partial charge on any atom is -0.385 e. The van der Waals surface area contributed by atoms with Gasteiger partial charge in [0.25, 0.3) is 5.91 Å². The molecule has 0 aliphatic rings. The van der Waals surface area contributed by atoms with Crippen LogP contribution in [0.3, 0.4) is 0 Å². The lowest BCUT2D eigenvalue weighted by Gasteiger charge is -2.18. The maximum Gasteiger partial charge on any atom is 0.262 e. The lowest BCUT2D eigenvalue weighted by atomic mass is 10.0. The van der Waals surface area contributed by atoms with E-state index in [9.17, 15) is 9.59 Å². The second-order valence-corrected chi connectivity index (χ2v) is 8.45. The third kappa shape index (κ3) is 5.56. The molecule has 2 aromatic heterocycles. The van der Waals surface area contributed by atoms with Gasteiger partial charge in [0.05, 0.1) is 4.88 Å². The second-order valence-electron chi connectivity index (χ2n) is 7.50. The Hall–Kier alpha value is -3.58. The fraction of sp³-hybridized carbons (Fsp3) is 0.200. The van der Waals surface area contributed by atoms with Crippen LogP contribution in [0.4, 0.5) is 5.69 Å². The number of anilines is 1. The van der Waals surface area contributed by atoms with Crippen LogP contribution in [0.5, 0.6) is 0 Å². The van der Waals surface area contributed by atoms with E-state index in [1.54, 1.807) is 6.07 Å². The number of rotatable bonds is 10. The third-order valence-electron chi connectivity index (χ3n) is 5.22. The molecule has 1 unspecified atom stereocenters. The zero-order chi connectivity index (χ0) is 22.2. The number of carbonyl (C=O) groups is 2. The first-order valence-electron chi connectivity index (χ1n) is 10.7. The van der Waals surface area contributed by atoms with Crippen molar-refractivity contribution in [1.29, 1.82) is 0 Å². The Labute approximate surface area is 191 Å². The van der Waals surface area contributed by atoms with Crippen LogP contribution in [0.25, 0.3) is 10.9 Å². The normalized spacial score (nSPS) is 11.8. The van der Waals surface area contributed by atoms with Gasteiger partial charge in [-0.1, -0.05) is 42.5 Å². The summed E-state index contributed by atoms with van der Waals surface area (Å²) in [6, 6.07) is 20.8. The number of hydrogen-bond acceptors (Lipinski definition) is 4. The molecule has 4 rings (SSSR count). The van der Waals surface area contributed by atoms with Crippen LogP contribution in [-0.2, 0) is 11.2 Å². The summed E-state index contributed by atoms with van der Waals surface area (Å²) in [5.41, 5.74) is 3.07. The molecule has 0 aliphatic carbocycles. The molecule has 0 bridgehead atoms. The number of aromatic nitrogens is 1. The SMILES string of the molecule is O=C(NC(Cc1c[nH]c2ccccc12)C(=O)NCCCNc1ccccc1)c1cccs1. The van der Waals surface area contributed by atoms with E-state index in [1.165, 1.54) is 11.3 Å². The van der Waals surface area contributed by atoms with Crippen molar-refractivity contribution in [3.8, 4) is 0 Å². The summed E-state index contributed by atoms with van der Waals surface area (Å²) in [4.78, 5) is 29.5. The number of para-hydroxylation sites is 2. The summed E-state index contributed by atoms with van der Waals surface area (Å²) in [6.45, 7) is 1.27. The van der Waals surface area contributed by atoms with Crippen LogP contribution in [0.1, 0.15) is 21.7 Å². The smallest absolute Gasteiger partial charge is 0.262 e. The molecule has 1 atom stereocenters. The van der Waals surface area contributed by atoms with E-state index in [0.717, 1.165) is 35.1 Å². The molecule has 2 aromatic carbocycles. The van der Waals surface area contributed by atoms with Gasteiger partial charge in [0.15, 0.2) is 0 Å². The van der Waals surface area contributed by atoms with Gasteiger partial charge in [0.2, 0.25) is 5.91 Å². The van der Waals surface area contributed by atoms with Gasteiger partial charge in [0.1, 0.15) is 6.04 Å². The zero-order valence-electron chi connectivity index (χ0n) is 17.6. The highest BCUT2D eigenvalue weighted by Crippen LogP contribution is 2.19. The van der Waals surface area contributed by atoms with Crippen LogP contribution in [0.2, 0.25) is 0 Å². The van der Waals surface area contributed by atoms with Crippen molar-refractivity contribution in [3.05, 3.63) is 88.7 Å². The molecule has 7 heteroatoms. The average Bonchev–Trinajstić information content (AvgIpc) is 3.50. The van der Waals surface area contributed by atoms with Gasteiger partial charge in [-0.3, -0.25) is 9.59 Å². The van der Waals surface area contributed by atoms with Crippen molar-refractivity contribution < 1.29 is 9.59 Å². The van der Waals surface area contributed by atoms with E-state index in [0.29, 0.717) is 17.8 Å². The molecule has 4 aromatic rings. The van der Waals surface area contributed by atoms with Crippen LogP contribution < -0.4 is 16.0 Å². The second kappa shape index (κ2) is 10.6. The number of carbonyl (C=O) groups excluding carboxylic acids is 2. The Morgan fingerprint density at radius 1 is 0.938 bits per heavy atom. The van der Waals surface area contributed by atoms with Crippen molar-refractivity contribution >= 4 is 39.7 Å². The molecule has 4 N–H and O–H groups in total. The molecule has 2 amide bonds. The van der Waals surface area contributed by atoms with Crippen LogP contribution >= 0.6 is 11.3 Å². The summed E-state index contributed by atoms with van der Waals surface area (Å²) < 4.78 is 0. The predicted octanol–water partition coefficient (Wildman–Crippen LogP) is 4.19. The third-order valence-corrected chi connectivity index (χ3v) is 6.09. The minimum atomic E-state index is -0.661. The molecule has 0 radical (unpaired) electrons. The van der Waals surface area contributed by atoms with Crippen LogP contribution in [-0.4, -0.2) is 35.9 Å². The first-order chi connectivity index (χ1) is 15.7. The van der Waals surface area contributed by atoms with Gasteiger partial charge >= 0.3 is 0 Å². The van der Waals surface area contributed by atoms with Crippen LogP contribution in [0, 0.1) is 0 Å². The van der Waals surface area contributed by atoms with E-state index < -0.39 is 6.04 Å². The Kier molecular flexibility index (Phi) is 7.19. The molecule has 0 saturated heterocycles. The Bertz CT molecular complexity index is 1160. The topological polar surface area (TPSA) is 86.0 Å². The Morgan fingerprint density at radius 3 is 2.56 bits per heavy atom. The van der Waals surface area contributed by atoms with Crippen molar-refractivity contribution in [2.75, 3.05) is 18.4 Å². The van der Waals surface area contributed by atoms with E-state index in [4.69, 9.17) is 0 Å². The molecular weight excluding hydrogens is 420 g/mol. The first-order valence-corrected chi connectivity index (χ1v) is 11.5. The fourth-order valence-corrected chi connectivity index (χ4v) is 4.21. The number of thiophene rings is 1. The number of hydrogen-bond donors (Lipinski definition) is 4. The monoisotopic (exact) mass is 446 g/mol. The Balaban J connectivity index is 1.37. The summed E-state index contributed by atoms with van der Waals surface area (Å²) in [6.07, 6.45) is 3.10. The van der Waals surface area contributed by atoms with Gasteiger partial charge in [-0.05, 0) is 41.6 Å². The standard InChI is InChI=1S/C25H26N4O2S/c30-24(27-14-7-13-26-19-8-2-1-3-9-19)22(29-25(31)23-12-6-15-32-23)16-18-17-28-21-11-5-4-10-20(18)21/h1-6,8-12,15,17,22,26,28H,7,13-14,16H2,(H,27,30)(H,29,31). The lowest BCUT2D eigenvalue weighted by Crippen LogP contribution is -2.48. The van der Waals surface area contributed by atoms with Crippen molar-refractivity contribution in [2.24, 2.45) is 0 Å². The molecule has 0 fully saturated rings. The maximum absolute atomic E-state index is 13.0. The first kappa shape index (κ1) is 21.6. The summed E-state index contributed by atoms with van der Waals surface area (Å²) in [5, 5.41) is 12.1. The van der Waals surface area contributed by atoms with Crippen molar-refractivity contribution in [2.45, 2.75) is 18.9 Å². The summed E-state index contributed by atoms with van der Waals surface area (Å²) in [5.74, 6) is -0.411. The molecular formula is C25H26N4O2S. The van der Waals surface area contributed by atoms with E-state index in [2.05, 4.69) is 20.9 Å². The van der Waals surface area contributed by atoms with Gasteiger partial charge in [-0.15, -0.1) is 11.3 Å². The number of benzene rings is 2. The number of nitrogens with one attached hydrogen (secondary N) is 4. The fourth-order valence-electron chi connectivity index (χ4n) is 3.58. The van der Waals surface area contributed by atoms with Gasteiger partial charge < -0.3 is 20.9 Å². The molecule has 0 saturated carbocycles. The van der Waals surface area contributed by atoms with Crippen molar-refractivity contribution in [3.63, 3.8) is 0 Å². The molecule has 2 heterocycles. The molecule has 0 spiro atoms. The highest BCUT2D eigenvalue weighted by molar-refractivity contribution is 7.12. The molecule has 6 nitrogen and oxygen atoms in total. The maximum atomic E-state index is 13.0. The highest BCUT2D eigenvalue weighted by Gasteiger charge is 2.23. The van der Waals surface area contributed by atoms with Gasteiger partial charge in [-0.2, -0.15) is 0 Å². The predicted molar refractivity (Wildman–Crippen MR) is 130 cm³/mol. The van der Waals surface area contributed by atoms with Crippen molar-refractivity contribution in [1.82, 2.24) is 15.6 Å². The van der Waals surface area contributed by atoms with E-state index >= 15 is 0 Å². The van der Waals surface area contributed by atoms with Gasteiger partial charge in [0, 0.05) is 42.3 Å². The number of H-pyrrole nitrogens is 1. The number of amides is 2. The largest absolute Gasteiger partial charge is 0.385 e. The minimum absolute atomic E-state index is 0.181. The van der Waals surface area contributed by atoms with E-state index in [1.807, 2.05) is 72.2 Å².